The molecule has 284 valence electrons. The second-order valence-electron chi connectivity index (χ2n) is 14.8. The molecule has 10 aromatic rings. The first kappa shape index (κ1) is 35.8. The lowest BCUT2D eigenvalue weighted by Gasteiger charge is -2.34. The minimum Gasteiger partial charge on any atom is -0.452 e. The zero-order valence-corrected chi connectivity index (χ0v) is 34.5. The number of amidine groups is 1. The van der Waals surface area contributed by atoms with Crippen LogP contribution in [-0.2, 0) is 0 Å². The number of fused-ring (bicyclic) bond motifs is 7. The van der Waals surface area contributed by atoms with Crippen molar-refractivity contribution >= 4 is 98.3 Å². The highest BCUT2D eigenvalue weighted by Crippen LogP contribution is 2.53. The predicted octanol–water partition coefficient (Wildman–Crippen LogP) is 15.0. The molecule has 0 saturated heterocycles. The van der Waals surface area contributed by atoms with E-state index in [1.165, 1.54) is 10.8 Å². The Morgan fingerprint density at radius 2 is 1.05 bits per heavy atom. The standard InChI is InChI=1S/C54H35IN4O/c1-35(56-54(45-27-14-19-37-17-6-8-23-42(37)45)57-53(55)44-26-13-18-36-16-5-7-22-41(36)44)40-25-15-30-50-52(40)60-51-31-12-11-29-49(51)59(50)39-32-33-48-46(34-39)43-24-9-10-28-47(43)58(48)38-20-3-2-4-21-38/h2-34H,1H2. The zero-order valence-electron chi connectivity index (χ0n) is 32.3. The van der Waals surface area contributed by atoms with Crippen LogP contribution in [0.15, 0.2) is 217 Å². The lowest BCUT2D eigenvalue weighted by molar-refractivity contribution is 0.475. The summed E-state index contributed by atoms with van der Waals surface area (Å²) in [6, 6.07) is 69.7. The van der Waals surface area contributed by atoms with Crippen molar-refractivity contribution in [3.63, 3.8) is 0 Å². The van der Waals surface area contributed by atoms with Gasteiger partial charge in [0.1, 0.15) is 3.72 Å². The zero-order chi connectivity index (χ0) is 40.2. The number of rotatable bonds is 6. The van der Waals surface area contributed by atoms with E-state index >= 15 is 0 Å². The average molecular weight is 883 g/mol. The van der Waals surface area contributed by atoms with Crippen LogP contribution in [0.4, 0.5) is 17.1 Å². The Morgan fingerprint density at radius 3 is 1.85 bits per heavy atom. The van der Waals surface area contributed by atoms with E-state index in [1.54, 1.807) is 0 Å². The molecule has 0 atom stereocenters. The van der Waals surface area contributed by atoms with E-state index in [0.717, 1.165) is 81.5 Å². The molecule has 0 unspecified atom stereocenters. The van der Waals surface area contributed by atoms with Gasteiger partial charge >= 0.3 is 0 Å². The summed E-state index contributed by atoms with van der Waals surface area (Å²) in [5.41, 5.74) is 9.59. The van der Waals surface area contributed by atoms with Crippen molar-refractivity contribution in [3.05, 3.63) is 223 Å². The van der Waals surface area contributed by atoms with Crippen molar-refractivity contribution in [1.82, 2.24) is 4.57 Å². The maximum absolute atomic E-state index is 6.84. The van der Waals surface area contributed by atoms with Gasteiger partial charge in [0, 0.05) is 38.8 Å². The molecule has 0 bridgehead atoms. The molecule has 6 heteroatoms. The molecular formula is C54H35IN4O. The third-order valence-electron chi connectivity index (χ3n) is 11.3. The van der Waals surface area contributed by atoms with E-state index in [2.05, 4.69) is 221 Å². The first-order chi connectivity index (χ1) is 29.6. The normalized spacial score (nSPS) is 12.8. The fourth-order valence-corrected chi connectivity index (χ4v) is 9.25. The molecule has 2 heterocycles. The predicted molar refractivity (Wildman–Crippen MR) is 260 cm³/mol. The van der Waals surface area contributed by atoms with Crippen molar-refractivity contribution < 1.29 is 4.74 Å². The van der Waals surface area contributed by atoms with Crippen LogP contribution in [0.1, 0.15) is 16.7 Å². The highest BCUT2D eigenvalue weighted by Gasteiger charge is 2.29. The molecule has 5 nitrogen and oxygen atoms in total. The minimum atomic E-state index is 0.543. The molecule has 9 aromatic carbocycles. The minimum absolute atomic E-state index is 0.543. The molecule has 0 amide bonds. The summed E-state index contributed by atoms with van der Waals surface area (Å²) in [6.07, 6.45) is 0. The van der Waals surface area contributed by atoms with Crippen LogP contribution in [0, 0.1) is 0 Å². The number of benzene rings is 9. The van der Waals surface area contributed by atoms with Crippen LogP contribution in [0.2, 0.25) is 0 Å². The summed E-state index contributed by atoms with van der Waals surface area (Å²) in [5.74, 6) is 2.00. The van der Waals surface area contributed by atoms with Crippen molar-refractivity contribution in [3.8, 4) is 17.2 Å². The molecule has 0 spiro atoms. The summed E-state index contributed by atoms with van der Waals surface area (Å²) >= 11 is 2.35. The molecule has 0 saturated carbocycles. The number of hydrogen-bond acceptors (Lipinski definition) is 3. The number of para-hydroxylation sites is 5. The van der Waals surface area contributed by atoms with Crippen molar-refractivity contribution in [1.29, 1.82) is 0 Å². The number of aliphatic imine (C=N–C) groups is 2. The van der Waals surface area contributed by atoms with Gasteiger partial charge in [-0.1, -0.05) is 146 Å². The smallest absolute Gasteiger partial charge is 0.161 e. The number of hydrogen-bond donors (Lipinski definition) is 0. The Hall–Kier alpha value is -7.29. The molecule has 1 aliphatic rings. The van der Waals surface area contributed by atoms with Gasteiger partial charge < -0.3 is 14.2 Å². The maximum atomic E-state index is 6.84. The van der Waals surface area contributed by atoms with Gasteiger partial charge in [-0.3, -0.25) is 0 Å². The van der Waals surface area contributed by atoms with Crippen LogP contribution in [0.5, 0.6) is 11.5 Å². The first-order valence-electron chi connectivity index (χ1n) is 19.9. The fourth-order valence-electron chi connectivity index (χ4n) is 8.55. The molecule has 1 aromatic heterocycles. The van der Waals surface area contributed by atoms with Gasteiger partial charge in [0.25, 0.3) is 0 Å². The summed E-state index contributed by atoms with van der Waals surface area (Å²) < 4.78 is 10.0. The highest BCUT2D eigenvalue weighted by molar-refractivity contribution is 14.1. The van der Waals surface area contributed by atoms with Gasteiger partial charge in [0.05, 0.1) is 28.1 Å². The third kappa shape index (κ3) is 6.07. The summed E-state index contributed by atoms with van der Waals surface area (Å²) in [4.78, 5) is 12.9. The SMILES string of the molecule is C=C(N=C(N=C(I)c1cccc2ccccc12)c1cccc2ccccc12)c1cccc2c1Oc1ccccc1N2c1ccc2c(c1)c1ccccc1n2-c1ccccc1. The molecule has 11 rings (SSSR count). The van der Waals surface area contributed by atoms with Crippen LogP contribution < -0.4 is 9.64 Å². The molecular weight excluding hydrogens is 848 g/mol. The topological polar surface area (TPSA) is 42.1 Å². The number of halogens is 1. The highest BCUT2D eigenvalue weighted by atomic mass is 127. The van der Waals surface area contributed by atoms with E-state index in [1.807, 2.05) is 18.2 Å². The Morgan fingerprint density at radius 1 is 0.467 bits per heavy atom. The van der Waals surface area contributed by atoms with Crippen LogP contribution in [-0.4, -0.2) is 14.1 Å². The molecule has 0 aliphatic carbocycles. The largest absolute Gasteiger partial charge is 0.452 e. The lowest BCUT2D eigenvalue weighted by atomic mass is 10.0. The molecule has 60 heavy (non-hydrogen) atoms. The van der Waals surface area contributed by atoms with Crippen molar-refractivity contribution in [2.45, 2.75) is 0 Å². The van der Waals surface area contributed by atoms with Crippen molar-refractivity contribution in [2.24, 2.45) is 9.98 Å². The van der Waals surface area contributed by atoms with E-state index in [9.17, 15) is 0 Å². The van der Waals surface area contributed by atoms with Crippen LogP contribution in [0.25, 0.3) is 54.7 Å². The van der Waals surface area contributed by atoms with Crippen LogP contribution in [0.3, 0.4) is 0 Å². The van der Waals surface area contributed by atoms with E-state index in [4.69, 9.17) is 14.7 Å². The van der Waals surface area contributed by atoms with E-state index < -0.39 is 0 Å². The Kier molecular flexibility index (Phi) is 8.85. The summed E-state index contributed by atoms with van der Waals surface area (Å²) in [7, 11) is 0. The Bertz CT molecular complexity index is 3390. The molecule has 0 fully saturated rings. The fraction of sp³-hybridized carbons (Fsp3) is 0. The number of anilines is 3. The second-order valence-corrected chi connectivity index (χ2v) is 15.8. The van der Waals surface area contributed by atoms with Gasteiger partial charge in [-0.05, 0) is 105 Å². The number of ether oxygens (including phenoxy) is 1. The lowest BCUT2D eigenvalue weighted by Crippen LogP contribution is -2.16. The van der Waals surface area contributed by atoms with Gasteiger partial charge in [0.2, 0.25) is 0 Å². The first-order valence-corrected chi connectivity index (χ1v) is 21.0. The Balaban J connectivity index is 1.07. The van der Waals surface area contributed by atoms with Gasteiger partial charge in [-0.25, -0.2) is 9.98 Å². The Labute approximate surface area is 361 Å². The third-order valence-corrected chi connectivity index (χ3v) is 12.1. The van der Waals surface area contributed by atoms with E-state index in [-0.39, 0.29) is 0 Å². The second kappa shape index (κ2) is 14.8. The average Bonchev–Trinajstić information content (AvgIpc) is 3.64. The quantitative estimate of drug-likeness (QED) is 0.0948. The molecule has 0 radical (unpaired) electrons. The monoisotopic (exact) mass is 882 g/mol. The van der Waals surface area contributed by atoms with E-state index in [0.29, 0.717) is 17.3 Å². The molecule has 1 aliphatic heterocycles. The van der Waals surface area contributed by atoms with Gasteiger partial charge in [-0.15, -0.1) is 0 Å². The molecule has 0 N–H and O–H groups in total. The van der Waals surface area contributed by atoms with Gasteiger partial charge in [-0.2, -0.15) is 0 Å². The summed E-state index contributed by atoms with van der Waals surface area (Å²) in [6.45, 7) is 4.61. The maximum Gasteiger partial charge on any atom is 0.161 e. The number of aromatic nitrogens is 1. The summed E-state index contributed by atoms with van der Waals surface area (Å²) in [5, 5.41) is 6.83. The number of nitrogens with zero attached hydrogens (tertiary/aromatic N) is 4. The van der Waals surface area contributed by atoms with Crippen molar-refractivity contribution in [2.75, 3.05) is 4.90 Å². The van der Waals surface area contributed by atoms with Crippen LogP contribution >= 0.6 is 22.6 Å². The van der Waals surface area contributed by atoms with Gasteiger partial charge in [0.15, 0.2) is 17.3 Å².